The third-order valence-corrected chi connectivity index (χ3v) is 7.66. The second-order valence-electron chi connectivity index (χ2n) is 8.58. The topological polar surface area (TPSA) is 17.1 Å². The van der Waals surface area contributed by atoms with Crippen molar-refractivity contribution in [1.29, 1.82) is 0 Å². The van der Waals surface area contributed by atoms with Crippen molar-refractivity contribution in [2.24, 2.45) is 34.5 Å². The summed E-state index contributed by atoms with van der Waals surface area (Å²) < 4.78 is 0. The first-order valence-corrected chi connectivity index (χ1v) is 8.89. The third-order valence-electron chi connectivity index (χ3n) is 7.66. The van der Waals surface area contributed by atoms with E-state index in [0.29, 0.717) is 16.7 Å². The Morgan fingerprint density at radius 1 is 1.14 bits per heavy atom. The molecule has 0 bridgehead atoms. The summed E-state index contributed by atoms with van der Waals surface area (Å²) in [6.07, 6.45) is 17.4. The molecule has 4 rings (SSSR count). The predicted molar refractivity (Wildman–Crippen MR) is 85.8 cm³/mol. The van der Waals surface area contributed by atoms with Crippen molar-refractivity contribution in [2.75, 3.05) is 0 Å². The summed E-state index contributed by atoms with van der Waals surface area (Å²) in [7, 11) is 0. The van der Waals surface area contributed by atoms with Gasteiger partial charge in [-0.25, -0.2) is 0 Å². The van der Waals surface area contributed by atoms with Crippen LogP contribution < -0.4 is 0 Å². The van der Waals surface area contributed by atoms with Crippen LogP contribution in [0.4, 0.5) is 0 Å². The van der Waals surface area contributed by atoms with E-state index in [1.807, 2.05) is 0 Å². The van der Waals surface area contributed by atoms with Crippen LogP contribution in [0.1, 0.15) is 58.8 Å². The summed E-state index contributed by atoms with van der Waals surface area (Å²) in [5.41, 5.74) is 2.50. The largest absolute Gasteiger partial charge is 0.303 e. The number of aldehydes is 1. The van der Waals surface area contributed by atoms with Gasteiger partial charge >= 0.3 is 0 Å². The summed E-state index contributed by atoms with van der Waals surface area (Å²) in [5, 5.41) is 0. The standard InChI is InChI=1S/C20H28O/c1-19-9-3-4-17(19)16-6-5-15-12-14(13-21)7-11-20(15,2)18(16)8-10-19/h3,5,9,13-14,16-18H,4,6-8,10-12H2,1-2H3/t14?,16-,17-,18-,19-,20-/m0/s1. The van der Waals surface area contributed by atoms with Gasteiger partial charge in [-0.3, -0.25) is 0 Å². The molecule has 2 fully saturated rings. The van der Waals surface area contributed by atoms with Crippen LogP contribution in [0.5, 0.6) is 0 Å². The van der Waals surface area contributed by atoms with Crippen LogP contribution >= 0.6 is 0 Å². The molecule has 0 heterocycles. The van der Waals surface area contributed by atoms with Crippen LogP contribution in [0.25, 0.3) is 0 Å². The molecule has 114 valence electrons. The fraction of sp³-hybridized carbons (Fsp3) is 0.750. The van der Waals surface area contributed by atoms with Crippen LogP contribution in [0.3, 0.4) is 0 Å². The molecule has 0 aromatic rings. The fourth-order valence-electron chi connectivity index (χ4n) is 6.29. The van der Waals surface area contributed by atoms with Crippen molar-refractivity contribution in [3.8, 4) is 0 Å². The minimum absolute atomic E-state index is 0.294. The first kappa shape index (κ1) is 13.8. The van der Waals surface area contributed by atoms with E-state index in [-0.39, 0.29) is 0 Å². The van der Waals surface area contributed by atoms with Crippen LogP contribution in [0.15, 0.2) is 23.8 Å². The SMILES string of the molecule is C[C@@]12C=CC[C@H]1[C@@H]1CC=C3CC(C=O)CC[C@]3(C)[C@H]1CC2. The molecule has 0 aromatic carbocycles. The second kappa shape index (κ2) is 4.57. The predicted octanol–water partition coefficient (Wildman–Crippen LogP) is 4.93. The molecule has 0 radical (unpaired) electrons. The molecule has 4 aliphatic rings. The van der Waals surface area contributed by atoms with Crippen LogP contribution in [-0.2, 0) is 4.79 Å². The van der Waals surface area contributed by atoms with Crippen molar-refractivity contribution in [1.82, 2.24) is 0 Å². The van der Waals surface area contributed by atoms with Gasteiger partial charge < -0.3 is 4.79 Å². The average molecular weight is 284 g/mol. The van der Waals surface area contributed by atoms with Crippen molar-refractivity contribution in [2.45, 2.75) is 58.8 Å². The molecule has 1 unspecified atom stereocenters. The second-order valence-corrected chi connectivity index (χ2v) is 8.58. The van der Waals surface area contributed by atoms with Gasteiger partial charge in [0.1, 0.15) is 6.29 Å². The number of fused-ring (bicyclic) bond motifs is 5. The summed E-state index contributed by atoms with van der Waals surface area (Å²) in [5.74, 6) is 2.90. The van der Waals surface area contributed by atoms with E-state index in [4.69, 9.17) is 0 Å². The highest BCUT2D eigenvalue weighted by Gasteiger charge is 2.54. The van der Waals surface area contributed by atoms with E-state index < -0.39 is 0 Å². The lowest BCUT2D eigenvalue weighted by Gasteiger charge is -2.57. The fourth-order valence-corrected chi connectivity index (χ4v) is 6.29. The van der Waals surface area contributed by atoms with Gasteiger partial charge in [0.15, 0.2) is 0 Å². The zero-order chi connectivity index (χ0) is 14.7. The molecule has 0 spiro atoms. The molecular formula is C20H28O. The first-order chi connectivity index (χ1) is 10.1. The smallest absolute Gasteiger partial charge is 0.123 e. The number of hydrogen-bond donors (Lipinski definition) is 0. The third kappa shape index (κ3) is 1.85. The molecule has 0 saturated heterocycles. The molecule has 1 nitrogen and oxygen atoms in total. The van der Waals surface area contributed by atoms with Crippen molar-refractivity contribution < 1.29 is 4.79 Å². The summed E-state index contributed by atoms with van der Waals surface area (Å²) in [4.78, 5) is 11.2. The molecule has 0 N–H and O–H groups in total. The van der Waals surface area contributed by atoms with E-state index >= 15 is 0 Å². The Labute approximate surface area is 128 Å². The molecular weight excluding hydrogens is 256 g/mol. The van der Waals surface area contributed by atoms with Crippen LogP contribution in [-0.4, -0.2) is 6.29 Å². The van der Waals surface area contributed by atoms with Crippen LogP contribution in [0, 0.1) is 34.5 Å². The summed E-state index contributed by atoms with van der Waals surface area (Å²) >= 11 is 0. The highest BCUT2D eigenvalue weighted by Crippen LogP contribution is 2.63. The van der Waals surface area contributed by atoms with E-state index in [2.05, 4.69) is 32.1 Å². The Morgan fingerprint density at radius 2 is 2.00 bits per heavy atom. The first-order valence-electron chi connectivity index (χ1n) is 8.89. The lowest BCUT2D eigenvalue weighted by Crippen LogP contribution is -2.48. The summed E-state index contributed by atoms with van der Waals surface area (Å²) in [6.45, 7) is 5.00. The molecule has 1 heteroatoms. The maximum absolute atomic E-state index is 11.2. The van der Waals surface area contributed by atoms with E-state index in [1.54, 1.807) is 5.57 Å². The zero-order valence-corrected chi connectivity index (χ0v) is 13.5. The number of carbonyl (C=O) groups is 1. The van der Waals surface area contributed by atoms with Crippen molar-refractivity contribution in [3.63, 3.8) is 0 Å². The average Bonchev–Trinajstić information content (AvgIpc) is 2.88. The quantitative estimate of drug-likeness (QED) is 0.493. The molecule has 21 heavy (non-hydrogen) atoms. The Kier molecular flexibility index (Phi) is 3.00. The Bertz CT molecular complexity index is 516. The highest BCUT2D eigenvalue weighted by molar-refractivity contribution is 5.55. The number of hydrogen-bond acceptors (Lipinski definition) is 1. The van der Waals surface area contributed by atoms with E-state index in [1.165, 1.54) is 38.4 Å². The minimum atomic E-state index is 0.294. The van der Waals surface area contributed by atoms with Gasteiger partial charge in [-0.2, -0.15) is 0 Å². The molecule has 0 aliphatic heterocycles. The van der Waals surface area contributed by atoms with Gasteiger partial charge in [0.05, 0.1) is 0 Å². The van der Waals surface area contributed by atoms with Gasteiger partial charge in [-0.05, 0) is 73.5 Å². The monoisotopic (exact) mass is 284 g/mol. The Hall–Kier alpha value is -0.850. The van der Waals surface area contributed by atoms with E-state index in [9.17, 15) is 4.79 Å². The maximum atomic E-state index is 11.2. The Morgan fingerprint density at radius 3 is 2.81 bits per heavy atom. The Balaban J connectivity index is 1.66. The van der Waals surface area contributed by atoms with Gasteiger partial charge in [-0.15, -0.1) is 0 Å². The zero-order valence-electron chi connectivity index (χ0n) is 13.5. The van der Waals surface area contributed by atoms with Gasteiger partial charge in [0.2, 0.25) is 0 Å². The van der Waals surface area contributed by atoms with Gasteiger partial charge in [0.25, 0.3) is 0 Å². The lowest BCUT2D eigenvalue weighted by molar-refractivity contribution is -0.112. The molecule has 2 saturated carbocycles. The number of rotatable bonds is 1. The van der Waals surface area contributed by atoms with Crippen molar-refractivity contribution in [3.05, 3.63) is 23.8 Å². The number of carbonyl (C=O) groups excluding carboxylic acids is 1. The molecule has 0 aromatic heterocycles. The molecule has 4 aliphatic carbocycles. The number of allylic oxidation sites excluding steroid dienone is 4. The normalized spacial score (nSPS) is 51.6. The highest BCUT2D eigenvalue weighted by atomic mass is 16.1. The minimum Gasteiger partial charge on any atom is -0.303 e. The van der Waals surface area contributed by atoms with Gasteiger partial charge in [-0.1, -0.05) is 37.6 Å². The van der Waals surface area contributed by atoms with Gasteiger partial charge in [0, 0.05) is 5.92 Å². The maximum Gasteiger partial charge on any atom is 0.123 e. The molecule has 0 amide bonds. The lowest BCUT2D eigenvalue weighted by atomic mass is 9.47. The summed E-state index contributed by atoms with van der Waals surface area (Å²) in [6, 6.07) is 0. The molecule has 6 atom stereocenters. The van der Waals surface area contributed by atoms with E-state index in [0.717, 1.165) is 30.6 Å². The van der Waals surface area contributed by atoms with Crippen molar-refractivity contribution >= 4 is 6.29 Å². The van der Waals surface area contributed by atoms with Crippen LogP contribution in [0.2, 0.25) is 0 Å².